The normalized spacial score (nSPS) is 17.1. The molecule has 1 aliphatic heterocycles. The largest absolute Gasteiger partial charge is 0.611 e. The van der Waals surface area contributed by atoms with Crippen LogP contribution in [0.4, 0.5) is 0 Å². The molecule has 1 aliphatic rings. The number of nitrogens with one attached hydrogen (secondary N) is 1. The molecule has 2 aromatic carbocycles. The van der Waals surface area contributed by atoms with Crippen LogP contribution in [0.1, 0.15) is 12.8 Å². The third-order valence-corrected chi connectivity index (χ3v) is 6.44. The molecule has 1 atom stereocenters. The molecule has 2 aromatic rings. The third-order valence-electron chi connectivity index (χ3n) is 4.58. The lowest BCUT2D eigenvalue weighted by molar-refractivity contribution is -0.143. The van der Waals surface area contributed by atoms with Crippen molar-refractivity contribution in [2.45, 2.75) is 17.7 Å². The van der Waals surface area contributed by atoms with Crippen molar-refractivity contribution < 1.29 is 24.0 Å². The van der Waals surface area contributed by atoms with Crippen LogP contribution in [-0.4, -0.2) is 34.6 Å². The molecule has 0 bridgehead atoms. The van der Waals surface area contributed by atoms with Gasteiger partial charge in [0.25, 0.3) is 5.91 Å². The number of amides is 1. The summed E-state index contributed by atoms with van der Waals surface area (Å²) < 4.78 is 23.8. The standard InChI is InChI=1S/C19H20ClNO5S/c20-14-1-3-15(4-2-14)26-16-5-7-17(8-6-16)27(24)13-19(18(22)21-23)9-11-25-12-10-19/h1-8,23H,9-13H2,(H,21,22). The lowest BCUT2D eigenvalue weighted by atomic mass is 9.81. The minimum atomic E-state index is -1.40. The van der Waals surface area contributed by atoms with E-state index in [1.54, 1.807) is 54.0 Å². The van der Waals surface area contributed by atoms with Gasteiger partial charge in [0.2, 0.25) is 0 Å². The molecule has 6 nitrogen and oxygen atoms in total. The van der Waals surface area contributed by atoms with E-state index in [4.69, 9.17) is 26.3 Å². The summed E-state index contributed by atoms with van der Waals surface area (Å²) in [6.45, 7) is 0.803. The first-order valence-electron chi connectivity index (χ1n) is 8.47. The van der Waals surface area contributed by atoms with Crippen molar-refractivity contribution in [2.24, 2.45) is 5.41 Å². The summed E-state index contributed by atoms with van der Waals surface area (Å²) in [5.74, 6) is 0.864. The van der Waals surface area contributed by atoms with Crippen molar-refractivity contribution in [1.82, 2.24) is 5.48 Å². The number of hydroxylamine groups is 1. The maximum absolute atomic E-state index is 12.8. The van der Waals surface area contributed by atoms with Gasteiger partial charge in [-0.05, 0) is 72.5 Å². The molecule has 0 aromatic heterocycles. The Morgan fingerprint density at radius 3 is 2.26 bits per heavy atom. The molecule has 0 spiro atoms. The number of benzene rings is 2. The molecule has 0 radical (unpaired) electrons. The van der Waals surface area contributed by atoms with Crippen molar-refractivity contribution >= 4 is 28.7 Å². The highest BCUT2D eigenvalue weighted by Gasteiger charge is 2.44. The maximum Gasteiger partial charge on any atom is 0.254 e. The van der Waals surface area contributed by atoms with Crippen molar-refractivity contribution in [3.05, 3.63) is 53.6 Å². The SMILES string of the molecule is O=C(NO)C1(C[S+]([O-])c2ccc(Oc3ccc(Cl)cc3)cc2)CCOCC1. The minimum absolute atomic E-state index is 0.125. The molecular formula is C19H20ClNO5S. The summed E-state index contributed by atoms with van der Waals surface area (Å²) in [5, 5.41) is 9.69. The molecular weight excluding hydrogens is 390 g/mol. The summed E-state index contributed by atoms with van der Waals surface area (Å²) in [6.07, 6.45) is 0.839. The van der Waals surface area contributed by atoms with Crippen molar-refractivity contribution in [1.29, 1.82) is 0 Å². The van der Waals surface area contributed by atoms with E-state index in [0.717, 1.165) is 0 Å². The van der Waals surface area contributed by atoms with Crippen LogP contribution < -0.4 is 10.2 Å². The zero-order chi connectivity index (χ0) is 19.3. The Kier molecular flexibility index (Phi) is 6.62. The van der Waals surface area contributed by atoms with Crippen LogP contribution in [0.25, 0.3) is 0 Å². The second kappa shape index (κ2) is 8.95. The molecule has 0 saturated carbocycles. The summed E-state index contributed by atoms with van der Waals surface area (Å²) in [5.41, 5.74) is 0.822. The van der Waals surface area contributed by atoms with E-state index in [1.165, 1.54) is 0 Å². The minimum Gasteiger partial charge on any atom is -0.611 e. The Balaban J connectivity index is 1.68. The lowest BCUT2D eigenvalue weighted by Gasteiger charge is -2.34. The van der Waals surface area contributed by atoms with Gasteiger partial charge in [-0.2, -0.15) is 0 Å². The first kappa shape index (κ1) is 20.0. The Labute approximate surface area is 165 Å². The maximum atomic E-state index is 12.8. The summed E-state index contributed by atoms with van der Waals surface area (Å²) in [4.78, 5) is 12.7. The fourth-order valence-corrected chi connectivity index (χ4v) is 4.60. The van der Waals surface area contributed by atoms with E-state index < -0.39 is 22.5 Å². The zero-order valence-electron chi connectivity index (χ0n) is 14.5. The average Bonchev–Trinajstić information content (AvgIpc) is 2.70. The molecule has 0 aliphatic carbocycles. The zero-order valence-corrected chi connectivity index (χ0v) is 16.1. The fraction of sp³-hybridized carbons (Fsp3) is 0.316. The van der Waals surface area contributed by atoms with E-state index in [9.17, 15) is 9.35 Å². The number of hydrogen-bond donors (Lipinski definition) is 2. The first-order valence-corrected chi connectivity index (χ1v) is 10.2. The average molecular weight is 410 g/mol. The van der Waals surface area contributed by atoms with Crippen LogP contribution in [0, 0.1) is 5.41 Å². The highest BCUT2D eigenvalue weighted by molar-refractivity contribution is 7.91. The number of rotatable bonds is 6. The molecule has 1 amide bonds. The predicted octanol–water partition coefficient (Wildman–Crippen LogP) is 3.54. The van der Waals surface area contributed by atoms with Gasteiger partial charge in [-0.25, -0.2) is 5.48 Å². The van der Waals surface area contributed by atoms with Gasteiger partial charge in [-0.1, -0.05) is 11.6 Å². The van der Waals surface area contributed by atoms with Gasteiger partial charge in [0.05, 0.1) is 0 Å². The van der Waals surface area contributed by atoms with Gasteiger partial charge in [-0.3, -0.25) is 10.0 Å². The van der Waals surface area contributed by atoms with Crippen LogP contribution >= 0.6 is 11.6 Å². The van der Waals surface area contributed by atoms with Crippen LogP contribution in [0.2, 0.25) is 5.02 Å². The monoisotopic (exact) mass is 409 g/mol. The molecule has 27 heavy (non-hydrogen) atoms. The van der Waals surface area contributed by atoms with Gasteiger partial charge in [-0.15, -0.1) is 0 Å². The van der Waals surface area contributed by atoms with Crippen LogP contribution in [0.15, 0.2) is 53.4 Å². The van der Waals surface area contributed by atoms with Gasteiger partial charge in [0.15, 0.2) is 4.90 Å². The molecule has 1 saturated heterocycles. The van der Waals surface area contributed by atoms with Crippen LogP contribution in [0.5, 0.6) is 11.5 Å². The molecule has 144 valence electrons. The third kappa shape index (κ3) is 4.94. The summed E-state index contributed by atoms with van der Waals surface area (Å²) >= 11 is 4.45. The number of carbonyl (C=O) groups is 1. The Morgan fingerprint density at radius 2 is 1.70 bits per heavy atom. The predicted molar refractivity (Wildman–Crippen MR) is 102 cm³/mol. The van der Waals surface area contributed by atoms with E-state index in [2.05, 4.69) is 0 Å². The number of halogens is 1. The Bertz CT molecular complexity index is 763. The smallest absolute Gasteiger partial charge is 0.254 e. The second-order valence-electron chi connectivity index (χ2n) is 6.35. The molecule has 1 heterocycles. The van der Waals surface area contributed by atoms with E-state index >= 15 is 0 Å². The first-order chi connectivity index (χ1) is 13.0. The quantitative estimate of drug-likeness (QED) is 0.432. The van der Waals surface area contributed by atoms with Crippen LogP contribution in [0.3, 0.4) is 0 Å². The van der Waals surface area contributed by atoms with Gasteiger partial charge in [0.1, 0.15) is 22.7 Å². The molecule has 1 unspecified atom stereocenters. The van der Waals surface area contributed by atoms with Crippen molar-refractivity contribution in [2.75, 3.05) is 19.0 Å². The van der Waals surface area contributed by atoms with Gasteiger partial charge in [0, 0.05) is 18.2 Å². The van der Waals surface area contributed by atoms with Gasteiger partial charge < -0.3 is 14.0 Å². The van der Waals surface area contributed by atoms with E-state index in [-0.39, 0.29) is 5.75 Å². The molecule has 3 rings (SSSR count). The molecule has 8 heteroatoms. The highest BCUT2D eigenvalue weighted by atomic mass is 35.5. The Hall–Kier alpha value is -1.77. The van der Waals surface area contributed by atoms with Crippen molar-refractivity contribution in [3.63, 3.8) is 0 Å². The lowest BCUT2D eigenvalue weighted by Crippen LogP contribution is -2.47. The van der Waals surface area contributed by atoms with Crippen LogP contribution in [-0.2, 0) is 20.7 Å². The summed E-state index contributed by atoms with van der Waals surface area (Å²) in [6, 6.07) is 13.9. The van der Waals surface area contributed by atoms with Gasteiger partial charge >= 0.3 is 0 Å². The Morgan fingerprint density at radius 1 is 1.15 bits per heavy atom. The number of ether oxygens (including phenoxy) is 2. The van der Waals surface area contributed by atoms with E-state index in [1.807, 2.05) is 0 Å². The topological polar surface area (TPSA) is 90.9 Å². The number of hydrogen-bond acceptors (Lipinski definition) is 5. The molecule has 2 N–H and O–H groups in total. The second-order valence-corrected chi connectivity index (χ2v) is 8.24. The highest BCUT2D eigenvalue weighted by Crippen LogP contribution is 2.35. The summed E-state index contributed by atoms with van der Waals surface area (Å²) in [7, 11) is 0. The van der Waals surface area contributed by atoms with Crippen molar-refractivity contribution in [3.8, 4) is 11.5 Å². The fourth-order valence-electron chi connectivity index (χ4n) is 2.95. The number of carbonyl (C=O) groups excluding carboxylic acids is 1. The van der Waals surface area contributed by atoms with E-state index in [0.29, 0.717) is 47.5 Å². The molecule has 1 fully saturated rings.